The summed E-state index contributed by atoms with van der Waals surface area (Å²) in [7, 11) is -3.45. The lowest BCUT2D eigenvalue weighted by molar-refractivity contribution is 0.186. The largest absolute Gasteiger partial charge is 0.347 e. The van der Waals surface area contributed by atoms with Crippen molar-refractivity contribution in [3.8, 4) is 6.07 Å². The highest BCUT2D eigenvalue weighted by molar-refractivity contribution is 7.88. The second-order valence-corrected chi connectivity index (χ2v) is 9.03. The molecule has 0 bridgehead atoms. The molecule has 0 aliphatic carbocycles. The molecule has 11 heteroatoms. The van der Waals surface area contributed by atoms with E-state index in [1.807, 2.05) is 19.9 Å². The molecule has 2 aromatic rings. The van der Waals surface area contributed by atoms with Gasteiger partial charge >= 0.3 is 0 Å². The number of sulfonamides is 1. The number of halogens is 2. The lowest BCUT2D eigenvalue weighted by Gasteiger charge is -2.33. The minimum absolute atomic E-state index is 0.0642. The quantitative estimate of drug-likeness (QED) is 0.806. The van der Waals surface area contributed by atoms with Gasteiger partial charge in [-0.3, -0.25) is 0 Å². The lowest BCUT2D eigenvalue weighted by atomic mass is 10.0. The number of fused-ring (bicyclic) bond motifs is 1. The van der Waals surface area contributed by atoms with Crippen LogP contribution in [0, 0.1) is 17.1 Å². The van der Waals surface area contributed by atoms with Crippen LogP contribution >= 0.6 is 0 Å². The van der Waals surface area contributed by atoms with Crippen molar-refractivity contribution in [2.75, 3.05) is 24.7 Å². The number of aromatic nitrogens is 3. The number of piperidine rings is 1. The van der Waals surface area contributed by atoms with Crippen LogP contribution in [-0.4, -0.2) is 58.9 Å². The standard InChI is InChI=1S/C17H22F2N6O2S/c1-4-10(2)16-11(7-20)15(19)14-8-21-17(23-25(14)16)22-13-5-6-24(9-12(13)18)28(3,26)27/h8,10,12-13H,4-6,9H2,1-3H3,(H,22,23)/t10?,12-,13-/m1/s1. The summed E-state index contributed by atoms with van der Waals surface area (Å²) in [6.07, 6.45) is 1.80. The van der Waals surface area contributed by atoms with Crippen molar-refractivity contribution in [2.24, 2.45) is 0 Å². The summed E-state index contributed by atoms with van der Waals surface area (Å²) in [5.74, 6) is -0.687. The van der Waals surface area contributed by atoms with Crippen molar-refractivity contribution in [3.63, 3.8) is 0 Å². The molecule has 0 amide bonds. The second-order valence-electron chi connectivity index (χ2n) is 7.05. The molecular weight excluding hydrogens is 390 g/mol. The van der Waals surface area contributed by atoms with Gasteiger partial charge < -0.3 is 5.32 Å². The average Bonchev–Trinajstić information content (AvgIpc) is 2.93. The summed E-state index contributed by atoms with van der Waals surface area (Å²) in [4.78, 5) is 4.05. The molecule has 3 rings (SSSR count). The fourth-order valence-corrected chi connectivity index (χ4v) is 4.21. The molecule has 2 aromatic heterocycles. The van der Waals surface area contributed by atoms with E-state index in [0.717, 1.165) is 10.6 Å². The van der Waals surface area contributed by atoms with E-state index in [-0.39, 0.29) is 42.5 Å². The molecule has 1 N–H and O–H groups in total. The molecule has 1 fully saturated rings. The monoisotopic (exact) mass is 412 g/mol. The van der Waals surface area contributed by atoms with Gasteiger partial charge in [0.1, 0.15) is 23.3 Å². The molecule has 28 heavy (non-hydrogen) atoms. The van der Waals surface area contributed by atoms with Crippen molar-refractivity contribution in [3.05, 3.63) is 23.3 Å². The van der Waals surface area contributed by atoms with Crippen molar-refractivity contribution < 1.29 is 17.2 Å². The van der Waals surface area contributed by atoms with Gasteiger partial charge in [0.25, 0.3) is 0 Å². The zero-order valence-electron chi connectivity index (χ0n) is 15.9. The molecule has 0 spiro atoms. The van der Waals surface area contributed by atoms with Gasteiger partial charge in [-0.15, -0.1) is 5.10 Å². The molecule has 1 aliphatic rings. The Hall–Kier alpha value is -2.32. The maximum Gasteiger partial charge on any atom is 0.241 e. The highest BCUT2D eigenvalue weighted by Gasteiger charge is 2.34. The SMILES string of the molecule is CCC(C)c1c(C#N)c(F)c2cnc(N[C@@H]3CCN(S(C)(=O)=O)C[C@H]3F)nn12. The number of nitrogens with one attached hydrogen (secondary N) is 1. The van der Waals surface area contributed by atoms with Crippen LogP contribution in [-0.2, 0) is 10.0 Å². The van der Waals surface area contributed by atoms with Crippen LogP contribution in [0.4, 0.5) is 14.7 Å². The normalized spacial score (nSPS) is 22.1. The number of hydrogen-bond acceptors (Lipinski definition) is 6. The summed E-state index contributed by atoms with van der Waals surface area (Å²) in [6.45, 7) is 3.74. The van der Waals surface area contributed by atoms with Gasteiger partial charge in [-0.25, -0.2) is 26.7 Å². The predicted octanol–water partition coefficient (Wildman–Crippen LogP) is 2.04. The van der Waals surface area contributed by atoms with Crippen molar-refractivity contribution in [2.45, 2.75) is 44.8 Å². The Kier molecular flexibility index (Phi) is 5.54. The fourth-order valence-electron chi connectivity index (χ4n) is 3.36. The summed E-state index contributed by atoms with van der Waals surface area (Å²) in [6, 6.07) is 1.22. The summed E-state index contributed by atoms with van der Waals surface area (Å²) >= 11 is 0. The fraction of sp³-hybridized carbons (Fsp3) is 0.588. The van der Waals surface area contributed by atoms with Crippen molar-refractivity contribution in [1.82, 2.24) is 18.9 Å². The first-order valence-corrected chi connectivity index (χ1v) is 10.8. The molecule has 3 atom stereocenters. The molecule has 0 saturated carbocycles. The first kappa shape index (κ1) is 20.4. The van der Waals surface area contributed by atoms with Crippen LogP contribution in [0.1, 0.15) is 43.9 Å². The minimum atomic E-state index is -3.45. The molecule has 152 valence electrons. The Morgan fingerprint density at radius 2 is 2.21 bits per heavy atom. The number of anilines is 1. The third kappa shape index (κ3) is 3.66. The van der Waals surface area contributed by atoms with E-state index in [0.29, 0.717) is 12.1 Å². The van der Waals surface area contributed by atoms with Gasteiger partial charge in [0.15, 0.2) is 5.82 Å². The van der Waals surface area contributed by atoms with Gasteiger partial charge in [-0.1, -0.05) is 13.8 Å². The number of nitrogens with zero attached hydrogens (tertiary/aromatic N) is 5. The Morgan fingerprint density at radius 1 is 1.50 bits per heavy atom. The van der Waals surface area contributed by atoms with E-state index in [9.17, 15) is 22.5 Å². The number of alkyl halides is 1. The Morgan fingerprint density at radius 3 is 2.79 bits per heavy atom. The Balaban J connectivity index is 1.90. The zero-order valence-corrected chi connectivity index (χ0v) is 16.7. The third-order valence-electron chi connectivity index (χ3n) is 5.14. The highest BCUT2D eigenvalue weighted by atomic mass is 32.2. The van der Waals surface area contributed by atoms with Crippen LogP contribution in [0.5, 0.6) is 0 Å². The molecule has 1 aliphatic heterocycles. The number of rotatable bonds is 5. The van der Waals surface area contributed by atoms with E-state index in [2.05, 4.69) is 15.4 Å². The highest BCUT2D eigenvalue weighted by Crippen LogP contribution is 2.29. The number of hydrogen-bond donors (Lipinski definition) is 1. The van der Waals surface area contributed by atoms with Gasteiger partial charge in [0.2, 0.25) is 16.0 Å². The molecule has 0 radical (unpaired) electrons. The van der Waals surface area contributed by atoms with Gasteiger partial charge in [0.05, 0.1) is 24.2 Å². The first-order valence-electron chi connectivity index (χ1n) is 9.00. The smallest absolute Gasteiger partial charge is 0.241 e. The van der Waals surface area contributed by atoms with Crippen LogP contribution in [0.25, 0.3) is 5.52 Å². The lowest BCUT2D eigenvalue weighted by Crippen LogP contribution is -2.49. The van der Waals surface area contributed by atoms with E-state index < -0.39 is 28.1 Å². The second kappa shape index (κ2) is 7.60. The Labute approximate surface area is 162 Å². The minimum Gasteiger partial charge on any atom is -0.347 e. The van der Waals surface area contributed by atoms with Crippen LogP contribution in [0.15, 0.2) is 6.20 Å². The van der Waals surface area contributed by atoms with Crippen LogP contribution in [0.2, 0.25) is 0 Å². The van der Waals surface area contributed by atoms with Crippen LogP contribution in [0.3, 0.4) is 0 Å². The van der Waals surface area contributed by atoms with E-state index >= 15 is 0 Å². The number of nitriles is 1. The van der Waals surface area contributed by atoms with E-state index in [4.69, 9.17) is 0 Å². The van der Waals surface area contributed by atoms with Crippen molar-refractivity contribution in [1.29, 1.82) is 5.26 Å². The van der Waals surface area contributed by atoms with E-state index in [1.54, 1.807) is 0 Å². The maximum atomic E-state index is 14.5. The van der Waals surface area contributed by atoms with Gasteiger partial charge in [0, 0.05) is 13.1 Å². The van der Waals surface area contributed by atoms with E-state index in [1.165, 1.54) is 10.7 Å². The molecule has 1 unspecified atom stereocenters. The summed E-state index contributed by atoms with van der Waals surface area (Å²) in [5.41, 5.74) is 0.471. The molecular formula is C17H22F2N6O2S. The van der Waals surface area contributed by atoms with Gasteiger partial charge in [-0.05, 0) is 18.8 Å². The predicted molar refractivity (Wildman–Crippen MR) is 99.7 cm³/mol. The third-order valence-corrected chi connectivity index (χ3v) is 6.41. The van der Waals surface area contributed by atoms with Crippen molar-refractivity contribution >= 4 is 21.5 Å². The zero-order chi connectivity index (χ0) is 20.6. The Bertz CT molecular complexity index is 1030. The molecule has 1 saturated heterocycles. The first-order chi connectivity index (χ1) is 13.2. The topological polar surface area (TPSA) is 103 Å². The van der Waals surface area contributed by atoms with Gasteiger partial charge in [-0.2, -0.15) is 9.57 Å². The average molecular weight is 412 g/mol. The molecule has 0 aromatic carbocycles. The van der Waals surface area contributed by atoms with Crippen LogP contribution < -0.4 is 5.32 Å². The summed E-state index contributed by atoms with van der Waals surface area (Å²) in [5, 5.41) is 16.5. The molecule has 8 nitrogen and oxygen atoms in total. The summed E-state index contributed by atoms with van der Waals surface area (Å²) < 4.78 is 54.6. The maximum absolute atomic E-state index is 14.5. The molecule has 3 heterocycles.